The van der Waals surface area contributed by atoms with Gasteiger partial charge in [-0.25, -0.2) is 8.42 Å². The van der Waals surface area contributed by atoms with Crippen LogP contribution in [0, 0.1) is 0 Å². The van der Waals surface area contributed by atoms with Crippen LogP contribution in [-0.2, 0) is 16.6 Å². The van der Waals surface area contributed by atoms with E-state index in [0.29, 0.717) is 24.5 Å². The Morgan fingerprint density at radius 3 is 2.32 bits per heavy atom. The van der Waals surface area contributed by atoms with Crippen LogP contribution in [0.5, 0.6) is 0 Å². The van der Waals surface area contributed by atoms with E-state index in [9.17, 15) is 8.42 Å². The molecule has 2 aromatic carbocycles. The minimum absolute atomic E-state index is 0.242. The van der Waals surface area contributed by atoms with Gasteiger partial charge in [-0.15, -0.1) is 11.3 Å². The largest absolute Gasteiger partial charge is 0.268 e. The second kappa shape index (κ2) is 9.49. The molecule has 7 heteroatoms. The number of rotatable bonds is 9. The van der Waals surface area contributed by atoms with Gasteiger partial charge in [0.1, 0.15) is 10.6 Å². The van der Waals surface area contributed by atoms with E-state index >= 15 is 0 Å². The van der Waals surface area contributed by atoms with E-state index < -0.39 is 10.0 Å². The average Bonchev–Trinajstić information content (AvgIpc) is 3.46. The molecule has 4 rings (SSSR count). The second-order valence-electron chi connectivity index (χ2n) is 7.27. The van der Waals surface area contributed by atoms with Crippen molar-refractivity contribution in [1.29, 1.82) is 0 Å². The first-order valence-corrected chi connectivity index (χ1v) is 12.6. The lowest BCUT2D eigenvalue weighted by Crippen LogP contribution is -2.32. The number of thiophene rings is 1. The molecule has 0 aliphatic heterocycles. The zero-order valence-electron chi connectivity index (χ0n) is 17.4. The molecule has 0 amide bonds. The van der Waals surface area contributed by atoms with E-state index in [2.05, 4.69) is 6.92 Å². The Labute approximate surface area is 187 Å². The summed E-state index contributed by atoms with van der Waals surface area (Å²) in [5.74, 6) is 0. The molecule has 2 heterocycles. The summed E-state index contributed by atoms with van der Waals surface area (Å²) in [6.45, 7) is 3.00. The van der Waals surface area contributed by atoms with Crippen LogP contribution in [0.1, 0.15) is 25.3 Å². The van der Waals surface area contributed by atoms with Gasteiger partial charge in [0.05, 0.1) is 17.1 Å². The number of anilines is 1. The molecule has 5 nitrogen and oxygen atoms in total. The van der Waals surface area contributed by atoms with E-state index in [1.54, 1.807) is 10.9 Å². The highest BCUT2D eigenvalue weighted by atomic mass is 32.2. The number of nitrogens with zero attached hydrogens (tertiary/aromatic N) is 3. The van der Waals surface area contributed by atoms with Gasteiger partial charge in [0, 0.05) is 12.7 Å². The van der Waals surface area contributed by atoms with Crippen LogP contribution in [0.4, 0.5) is 5.69 Å². The summed E-state index contributed by atoms with van der Waals surface area (Å²) in [4.78, 5) is 1.08. The third kappa shape index (κ3) is 4.73. The molecule has 0 fully saturated rings. The lowest BCUT2D eigenvalue weighted by Gasteiger charge is -2.24. The van der Waals surface area contributed by atoms with Crippen LogP contribution >= 0.6 is 11.3 Å². The summed E-state index contributed by atoms with van der Waals surface area (Å²) in [6.07, 6.45) is 3.35. The van der Waals surface area contributed by atoms with Crippen molar-refractivity contribution in [2.45, 2.75) is 31.2 Å². The lowest BCUT2D eigenvalue weighted by molar-refractivity contribution is 0.588. The van der Waals surface area contributed by atoms with Crippen molar-refractivity contribution in [2.75, 3.05) is 10.8 Å². The Kier molecular flexibility index (Phi) is 6.53. The Hall–Kier alpha value is -2.90. The van der Waals surface area contributed by atoms with Gasteiger partial charge < -0.3 is 0 Å². The van der Waals surface area contributed by atoms with E-state index in [-0.39, 0.29) is 4.90 Å². The van der Waals surface area contributed by atoms with Crippen LogP contribution in [0.25, 0.3) is 10.6 Å². The van der Waals surface area contributed by atoms with Gasteiger partial charge >= 0.3 is 0 Å². The highest BCUT2D eigenvalue weighted by Crippen LogP contribution is 2.33. The summed E-state index contributed by atoms with van der Waals surface area (Å²) >= 11 is 1.49. The monoisotopic (exact) mass is 451 g/mol. The highest BCUT2D eigenvalue weighted by Gasteiger charge is 2.30. The molecule has 0 aliphatic rings. The SMILES string of the molecule is CCCCN(c1ccccc1)S(=O)(=O)c1cn(Cc2ccccc2)nc1-c1cccs1. The quantitative estimate of drug-likeness (QED) is 0.330. The first kappa shape index (κ1) is 21.3. The first-order valence-electron chi connectivity index (χ1n) is 10.3. The third-order valence-corrected chi connectivity index (χ3v) is 7.70. The van der Waals surface area contributed by atoms with Crippen LogP contribution < -0.4 is 4.31 Å². The van der Waals surface area contributed by atoms with Gasteiger partial charge in [-0.05, 0) is 35.6 Å². The van der Waals surface area contributed by atoms with Gasteiger partial charge in [0.2, 0.25) is 0 Å². The molecule has 0 N–H and O–H groups in total. The molecule has 0 radical (unpaired) electrons. The zero-order valence-corrected chi connectivity index (χ0v) is 19.0. The fourth-order valence-electron chi connectivity index (χ4n) is 3.43. The van der Waals surface area contributed by atoms with E-state index in [1.807, 2.05) is 78.2 Å². The van der Waals surface area contributed by atoms with Crippen LogP contribution in [0.15, 0.2) is 89.3 Å². The summed E-state index contributed by atoms with van der Waals surface area (Å²) in [5, 5.41) is 6.63. The van der Waals surface area contributed by atoms with Crippen molar-refractivity contribution >= 4 is 27.0 Å². The summed E-state index contributed by atoms with van der Waals surface area (Å²) in [7, 11) is -3.80. The summed E-state index contributed by atoms with van der Waals surface area (Å²) in [5.41, 5.74) is 2.24. The van der Waals surface area contributed by atoms with Crippen LogP contribution in [-0.4, -0.2) is 24.7 Å². The maximum atomic E-state index is 13.9. The molecule has 160 valence electrons. The van der Waals surface area contributed by atoms with Crippen molar-refractivity contribution in [3.63, 3.8) is 0 Å². The smallest absolute Gasteiger partial charge is 0.266 e. The Balaban J connectivity index is 1.80. The van der Waals surface area contributed by atoms with E-state index in [4.69, 9.17) is 5.10 Å². The van der Waals surface area contributed by atoms with Crippen LogP contribution in [0.3, 0.4) is 0 Å². The van der Waals surface area contributed by atoms with Crippen molar-refractivity contribution in [3.8, 4) is 10.6 Å². The first-order chi connectivity index (χ1) is 15.1. The molecule has 4 aromatic rings. The van der Waals surface area contributed by atoms with E-state index in [0.717, 1.165) is 23.3 Å². The second-order valence-corrected chi connectivity index (χ2v) is 10.0. The third-order valence-electron chi connectivity index (χ3n) is 5.00. The number of unbranched alkanes of at least 4 members (excludes halogenated alkanes) is 1. The van der Waals surface area contributed by atoms with Crippen molar-refractivity contribution in [1.82, 2.24) is 9.78 Å². The van der Waals surface area contributed by atoms with Crippen molar-refractivity contribution in [2.24, 2.45) is 0 Å². The molecule has 0 aliphatic carbocycles. The molecular formula is C24H25N3O2S2. The number of sulfonamides is 1. The molecule has 0 spiro atoms. The summed E-state index contributed by atoms with van der Waals surface area (Å²) < 4.78 is 31.0. The van der Waals surface area contributed by atoms with Gasteiger partial charge in [0.25, 0.3) is 10.0 Å². The predicted molar refractivity (Wildman–Crippen MR) is 127 cm³/mol. The normalized spacial score (nSPS) is 11.5. The van der Waals surface area contributed by atoms with Gasteiger partial charge in [-0.3, -0.25) is 8.99 Å². The van der Waals surface area contributed by atoms with E-state index in [1.165, 1.54) is 15.6 Å². The number of benzene rings is 2. The maximum Gasteiger partial charge on any atom is 0.268 e. The molecule has 0 atom stereocenters. The fraction of sp³-hybridized carbons (Fsp3) is 0.208. The van der Waals surface area contributed by atoms with Gasteiger partial charge in [-0.1, -0.05) is 67.9 Å². The minimum atomic E-state index is -3.80. The number of aromatic nitrogens is 2. The summed E-state index contributed by atoms with van der Waals surface area (Å²) in [6, 6.07) is 23.1. The Morgan fingerprint density at radius 1 is 0.968 bits per heavy atom. The topological polar surface area (TPSA) is 55.2 Å². The van der Waals surface area contributed by atoms with Gasteiger partial charge in [-0.2, -0.15) is 5.10 Å². The Morgan fingerprint density at radius 2 is 1.68 bits per heavy atom. The van der Waals surface area contributed by atoms with Gasteiger partial charge in [0.15, 0.2) is 0 Å². The number of hydrogen-bond donors (Lipinski definition) is 0. The molecule has 2 aromatic heterocycles. The molecule has 31 heavy (non-hydrogen) atoms. The molecule has 0 saturated heterocycles. The fourth-order valence-corrected chi connectivity index (χ4v) is 5.87. The number of hydrogen-bond acceptors (Lipinski definition) is 4. The van der Waals surface area contributed by atoms with Crippen molar-refractivity contribution < 1.29 is 8.42 Å². The Bertz CT molecular complexity index is 1200. The molecule has 0 unspecified atom stereocenters. The number of para-hydroxylation sites is 1. The molecule has 0 bridgehead atoms. The maximum absolute atomic E-state index is 13.9. The molecular weight excluding hydrogens is 426 g/mol. The minimum Gasteiger partial charge on any atom is -0.266 e. The van der Waals surface area contributed by atoms with Crippen LogP contribution in [0.2, 0.25) is 0 Å². The lowest BCUT2D eigenvalue weighted by atomic mass is 10.2. The molecule has 0 saturated carbocycles. The highest BCUT2D eigenvalue weighted by molar-refractivity contribution is 7.93. The van der Waals surface area contributed by atoms with Crippen molar-refractivity contribution in [3.05, 3.63) is 89.9 Å². The standard InChI is InChI=1S/C24H25N3O2S2/c1-2-3-16-27(21-13-8-5-9-14-21)31(28,29)23-19-26(18-20-11-6-4-7-12-20)25-24(23)22-15-10-17-30-22/h4-15,17,19H,2-3,16,18H2,1H3. The average molecular weight is 452 g/mol. The zero-order chi connectivity index (χ0) is 21.7. The predicted octanol–water partition coefficient (Wildman–Crippen LogP) is 5.66.